The maximum absolute atomic E-state index is 12.0. The lowest BCUT2D eigenvalue weighted by Crippen LogP contribution is -2.51. The fourth-order valence-corrected chi connectivity index (χ4v) is 3.66. The molecule has 22 heavy (non-hydrogen) atoms. The number of aliphatic hydroxyl groups is 1. The number of β-amino-alcohol motifs (C(OH)–C–C–N with tert-alkyl or cyclic N) is 1. The smallest absolute Gasteiger partial charge is 0.249 e. The van der Waals surface area contributed by atoms with Gasteiger partial charge in [0.05, 0.1) is 5.60 Å². The van der Waals surface area contributed by atoms with E-state index in [1.165, 1.54) is 6.42 Å². The molecular formula is C17H32N2O3. The molecule has 5 nitrogen and oxygen atoms in total. The number of ether oxygens (including phenoxy) is 1. The minimum absolute atomic E-state index is 0.00814. The number of likely N-dealkylation sites (tertiary alicyclic amines) is 1. The monoisotopic (exact) mass is 312 g/mol. The molecule has 1 atom stereocenters. The fourth-order valence-electron chi connectivity index (χ4n) is 3.66. The van der Waals surface area contributed by atoms with E-state index in [2.05, 4.69) is 10.2 Å². The number of piperidine rings is 1. The molecule has 0 spiro atoms. The fraction of sp³-hybridized carbons (Fsp3) is 0.941. The van der Waals surface area contributed by atoms with E-state index in [-0.39, 0.29) is 18.1 Å². The largest absolute Gasteiger partial charge is 0.389 e. The minimum Gasteiger partial charge on any atom is -0.389 e. The van der Waals surface area contributed by atoms with Crippen molar-refractivity contribution in [2.45, 2.75) is 76.5 Å². The summed E-state index contributed by atoms with van der Waals surface area (Å²) < 4.78 is 5.32. The van der Waals surface area contributed by atoms with Crippen LogP contribution in [-0.4, -0.2) is 59.9 Å². The van der Waals surface area contributed by atoms with Gasteiger partial charge in [0.1, 0.15) is 6.10 Å². The number of carbonyl (C=O) groups excluding carboxylic acids is 1. The first-order valence-electron chi connectivity index (χ1n) is 8.89. The SMILES string of the molecule is CCOC(C)C(=O)NC1CCN(CC2(O)CCCCC2)CC1. The van der Waals surface area contributed by atoms with Crippen LogP contribution in [0.25, 0.3) is 0 Å². The van der Waals surface area contributed by atoms with Crippen LogP contribution in [0.5, 0.6) is 0 Å². The number of hydrogen-bond acceptors (Lipinski definition) is 4. The van der Waals surface area contributed by atoms with Crippen molar-refractivity contribution in [1.82, 2.24) is 10.2 Å². The molecule has 1 saturated heterocycles. The van der Waals surface area contributed by atoms with Crippen molar-refractivity contribution in [2.24, 2.45) is 0 Å². The Morgan fingerprint density at radius 1 is 1.32 bits per heavy atom. The van der Waals surface area contributed by atoms with Gasteiger partial charge in [0.25, 0.3) is 0 Å². The second kappa shape index (κ2) is 8.27. The number of carbonyl (C=O) groups is 1. The molecule has 0 aromatic rings. The van der Waals surface area contributed by atoms with Crippen molar-refractivity contribution in [1.29, 1.82) is 0 Å². The molecule has 0 bridgehead atoms. The molecule has 0 aromatic carbocycles. The summed E-state index contributed by atoms with van der Waals surface area (Å²) in [6, 6.07) is 0.243. The van der Waals surface area contributed by atoms with Crippen molar-refractivity contribution >= 4 is 5.91 Å². The average molecular weight is 312 g/mol. The summed E-state index contributed by atoms with van der Waals surface area (Å²) >= 11 is 0. The molecular weight excluding hydrogens is 280 g/mol. The van der Waals surface area contributed by atoms with Crippen LogP contribution in [0.2, 0.25) is 0 Å². The Kier molecular flexibility index (Phi) is 6.66. The molecule has 2 fully saturated rings. The first kappa shape index (κ1) is 17.7. The molecule has 1 aliphatic carbocycles. The van der Waals surface area contributed by atoms with E-state index in [1.807, 2.05) is 6.92 Å². The number of amides is 1. The van der Waals surface area contributed by atoms with E-state index in [0.29, 0.717) is 6.61 Å². The molecule has 1 saturated carbocycles. The zero-order valence-corrected chi connectivity index (χ0v) is 14.1. The third-order valence-corrected chi connectivity index (χ3v) is 5.02. The highest BCUT2D eigenvalue weighted by molar-refractivity contribution is 5.80. The van der Waals surface area contributed by atoms with Gasteiger partial charge in [0.2, 0.25) is 5.91 Å². The lowest BCUT2D eigenvalue weighted by molar-refractivity contribution is -0.132. The van der Waals surface area contributed by atoms with Gasteiger partial charge >= 0.3 is 0 Å². The van der Waals surface area contributed by atoms with Crippen LogP contribution < -0.4 is 5.32 Å². The van der Waals surface area contributed by atoms with Gasteiger partial charge in [-0.1, -0.05) is 19.3 Å². The summed E-state index contributed by atoms with van der Waals surface area (Å²) in [6.07, 6.45) is 6.99. The number of nitrogens with one attached hydrogen (secondary N) is 1. The van der Waals surface area contributed by atoms with E-state index in [9.17, 15) is 9.90 Å². The second-order valence-electron chi connectivity index (χ2n) is 6.94. The Balaban J connectivity index is 1.70. The van der Waals surface area contributed by atoms with Gasteiger partial charge in [0, 0.05) is 32.3 Å². The third-order valence-electron chi connectivity index (χ3n) is 5.02. The van der Waals surface area contributed by atoms with E-state index in [4.69, 9.17) is 4.74 Å². The molecule has 2 N–H and O–H groups in total. The molecule has 5 heteroatoms. The summed E-state index contributed by atoms with van der Waals surface area (Å²) in [6.45, 7) is 6.96. The van der Waals surface area contributed by atoms with Crippen LogP contribution >= 0.6 is 0 Å². The zero-order chi connectivity index (χ0) is 16.0. The first-order valence-corrected chi connectivity index (χ1v) is 8.89. The van der Waals surface area contributed by atoms with Crippen molar-refractivity contribution in [3.05, 3.63) is 0 Å². The zero-order valence-electron chi connectivity index (χ0n) is 14.1. The molecule has 1 amide bonds. The molecule has 2 aliphatic rings. The predicted octanol–water partition coefficient (Wildman–Crippen LogP) is 1.69. The van der Waals surface area contributed by atoms with Gasteiger partial charge in [-0.05, 0) is 39.5 Å². The summed E-state index contributed by atoms with van der Waals surface area (Å²) in [4.78, 5) is 14.3. The maximum Gasteiger partial charge on any atom is 0.249 e. The summed E-state index contributed by atoms with van der Waals surface area (Å²) in [7, 11) is 0. The summed E-state index contributed by atoms with van der Waals surface area (Å²) in [5.41, 5.74) is -0.474. The molecule has 0 aromatic heterocycles. The van der Waals surface area contributed by atoms with Crippen LogP contribution in [-0.2, 0) is 9.53 Å². The van der Waals surface area contributed by atoms with Gasteiger partial charge in [-0.15, -0.1) is 0 Å². The normalized spacial score (nSPS) is 24.9. The Hall–Kier alpha value is -0.650. The maximum atomic E-state index is 12.0. The Bertz CT molecular complexity index is 348. The lowest BCUT2D eigenvalue weighted by Gasteiger charge is -2.40. The molecule has 128 valence electrons. The quantitative estimate of drug-likeness (QED) is 0.783. The summed E-state index contributed by atoms with van der Waals surface area (Å²) in [5, 5.41) is 13.7. The number of nitrogens with zero attached hydrogens (tertiary/aromatic N) is 1. The van der Waals surface area contributed by atoms with Crippen molar-refractivity contribution in [2.75, 3.05) is 26.2 Å². The third kappa shape index (κ3) is 5.21. The van der Waals surface area contributed by atoms with Crippen molar-refractivity contribution in [3.63, 3.8) is 0 Å². The molecule has 1 unspecified atom stereocenters. The molecule has 1 heterocycles. The van der Waals surface area contributed by atoms with E-state index >= 15 is 0 Å². The summed E-state index contributed by atoms with van der Waals surface area (Å²) in [5.74, 6) is -0.00814. The lowest BCUT2D eigenvalue weighted by atomic mass is 9.84. The van der Waals surface area contributed by atoms with Crippen LogP contribution in [0.3, 0.4) is 0 Å². The van der Waals surface area contributed by atoms with Crippen molar-refractivity contribution in [3.8, 4) is 0 Å². The molecule has 1 aliphatic heterocycles. The van der Waals surface area contributed by atoms with Crippen LogP contribution in [0.1, 0.15) is 58.8 Å². The van der Waals surface area contributed by atoms with Crippen LogP contribution in [0.4, 0.5) is 0 Å². The highest BCUT2D eigenvalue weighted by Gasteiger charge is 2.33. The molecule has 2 rings (SSSR count). The molecule has 0 radical (unpaired) electrons. The Morgan fingerprint density at radius 2 is 1.95 bits per heavy atom. The van der Waals surface area contributed by atoms with E-state index < -0.39 is 5.60 Å². The highest BCUT2D eigenvalue weighted by Crippen LogP contribution is 2.29. The topological polar surface area (TPSA) is 61.8 Å². The van der Waals surface area contributed by atoms with Crippen molar-refractivity contribution < 1.29 is 14.6 Å². The van der Waals surface area contributed by atoms with Gasteiger partial charge in [0.15, 0.2) is 0 Å². The van der Waals surface area contributed by atoms with Crippen LogP contribution in [0.15, 0.2) is 0 Å². The highest BCUT2D eigenvalue weighted by atomic mass is 16.5. The van der Waals surface area contributed by atoms with E-state index in [0.717, 1.165) is 58.2 Å². The van der Waals surface area contributed by atoms with Crippen LogP contribution in [0, 0.1) is 0 Å². The van der Waals surface area contributed by atoms with E-state index in [1.54, 1.807) is 6.92 Å². The minimum atomic E-state index is -0.474. The Morgan fingerprint density at radius 3 is 2.55 bits per heavy atom. The predicted molar refractivity (Wildman–Crippen MR) is 86.7 cm³/mol. The number of rotatable bonds is 6. The Labute approximate surface area is 134 Å². The standard InChI is InChI=1S/C17H32N2O3/c1-3-22-14(2)16(20)18-15-7-11-19(12-8-15)13-17(21)9-5-4-6-10-17/h14-15,21H,3-13H2,1-2H3,(H,18,20). The van der Waals surface area contributed by atoms with Gasteiger partial charge in [-0.25, -0.2) is 0 Å². The number of hydrogen-bond donors (Lipinski definition) is 2. The van der Waals surface area contributed by atoms with Gasteiger partial charge in [-0.2, -0.15) is 0 Å². The second-order valence-corrected chi connectivity index (χ2v) is 6.94. The van der Waals surface area contributed by atoms with Gasteiger partial charge < -0.3 is 20.1 Å². The average Bonchev–Trinajstić information content (AvgIpc) is 2.50. The first-order chi connectivity index (χ1) is 10.5. The van der Waals surface area contributed by atoms with Gasteiger partial charge in [-0.3, -0.25) is 4.79 Å².